The Kier molecular flexibility index (Phi) is 20.5. The van der Waals surface area contributed by atoms with E-state index in [0.717, 1.165) is 66.9 Å². The largest absolute Gasteiger partial charge is 0.573 e. The first-order valence-corrected chi connectivity index (χ1v) is 30.3. The van der Waals surface area contributed by atoms with E-state index in [9.17, 15) is 35.9 Å². The molecule has 3 amide bonds. The minimum atomic E-state index is -4.76. The van der Waals surface area contributed by atoms with Crippen LogP contribution < -0.4 is 29.9 Å². The summed E-state index contributed by atoms with van der Waals surface area (Å²) in [6, 6.07) is 38.0. The number of aryl methyl sites for hydroxylation is 2. The Morgan fingerprint density at radius 2 is 1.03 bits per heavy atom. The Morgan fingerprint density at radius 1 is 0.602 bits per heavy atom. The Bertz CT molecular complexity index is 3620. The van der Waals surface area contributed by atoms with Gasteiger partial charge in [-0.3, -0.25) is 14.6 Å². The molecule has 2 aliphatic rings. The highest BCUT2D eigenvalue weighted by atomic mass is 32.2. The maximum atomic E-state index is 12.8. The minimum Gasteiger partial charge on any atom is -0.406 e. The molecule has 2 aliphatic heterocycles. The van der Waals surface area contributed by atoms with Gasteiger partial charge < -0.3 is 20.1 Å². The third-order valence-corrected chi connectivity index (χ3v) is 16.1. The van der Waals surface area contributed by atoms with Crippen LogP contribution in [0.25, 0.3) is 34.2 Å². The summed E-state index contributed by atoms with van der Waals surface area (Å²) in [6.07, 6.45) is -5.24. The van der Waals surface area contributed by atoms with Crippen molar-refractivity contribution in [3.8, 4) is 45.6 Å². The Morgan fingerprint density at radius 3 is 1.49 bits per heavy atom. The van der Waals surface area contributed by atoms with Gasteiger partial charge in [-0.1, -0.05) is 136 Å². The van der Waals surface area contributed by atoms with E-state index in [2.05, 4.69) is 98.1 Å². The third-order valence-electron chi connectivity index (χ3n) is 13.5. The molecule has 4 heterocycles. The van der Waals surface area contributed by atoms with Crippen LogP contribution in [0.5, 0.6) is 11.5 Å². The van der Waals surface area contributed by atoms with Crippen LogP contribution in [0.2, 0.25) is 0 Å². The van der Waals surface area contributed by atoms with Gasteiger partial charge in [-0.15, -0.1) is 36.5 Å². The fourth-order valence-electron chi connectivity index (χ4n) is 9.20. The maximum absolute atomic E-state index is 12.8. The van der Waals surface area contributed by atoms with Gasteiger partial charge in [0, 0.05) is 24.2 Å². The molecule has 26 heteroatoms. The highest BCUT2D eigenvalue weighted by Gasteiger charge is 2.34. The number of hydrogen-bond donors (Lipinski definition) is 2. The number of carbonyl (C=O) groups excluding carboxylic acids is 2. The van der Waals surface area contributed by atoms with Crippen molar-refractivity contribution >= 4 is 91.7 Å². The van der Waals surface area contributed by atoms with Crippen LogP contribution in [0.3, 0.4) is 0 Å². The predicted octanol–water partition coefficient (Wildman–Crippen LogP) is 14.3. The normalized spacial score (nSPS) is 14.5. The van der Waals surface area contributed by atoms with Crippen LogP contribution in [0, 0.1) is 13.8 Å². The van der Waals surface area contributed by atoms with Gasteiger partial charge in [-0.2, -0.15) is 9.98 Å². The van der Waals surface area contributed by atoms with Crippen LogP contribution in [-0.4, -0.2) is 99.2 Å². The molecule has 8 aromatic rings. The number of nitrogens with zero attached hydrogens (tertiary/aromatic N) is 10. The third kappa shape index (κ3) is 17.0. The number of alkyl halides is 6. The van der Waals surface area contributed by atoms with Crippen molar-refractivity contribution in [2.45, 2.75) is 78.9 Å². The summed E-state index contributed by atoms with van der Waals surface area (Å²) in [4.78, 5) is 47.4. The van der Waals surface area contributed by atoms with Gasteiger partial charge in [0.25, 0.3) is 0 Å². The van der Waals surface area contributed by atoms with Crippen LogP contribution in [0.15, 0.2) is 156 Å². The zero-order valence-corrected chi connectivity index (χ0v) is 51.5. The second-order valence-electron chi connectivity index (χ2n) is 20.7. The standard InChI is InChI=1S/C31H29F3N6O3S.C31H29F3N6OS3/c1-19(2)25-13-4-20(3)16-26(25)40-27(41)17-44-30(40)37-29(42)35-15-14-21-5-7-22(8-6-21)28-36-18-39(38-28)23-9-11-24(12-10-23)43-31(32,33)34;1-19(2)25-13-4-20(3)16-26(25)40-27(42)17-44-30(40)37-29(43)35-15-14-21-5-7-22(8-6-21)28-36-18-39(38-28)23-9-11-24(12-10-23)41-31(32,33)34/h4-13,16,18-19H,14-15,17H2,1-3H3,(H,35,42);4-13,16,18-19H,14-15,17H2,1-3H3,(H,35,43). The van der Waals surface area contributed by atoms with Gasteiger partial charge in [-0.25, -0.2) is 24.1 Å². The van der Waals surface area contributed by atoms with Gasteiger partial charge in [-0.05, 0) is 145 Å². The molecule has 88 heavy (non-hydrogen) atoms. The smallest absolute Gasteiger partial charge is 0.406 e. The summed E-state index contributed by atoms with van der Waals surface area (Å²) in [5.74, 6) is 1.65. The Balaban J connectivity index is 0.000000209. The van der Waals surface area contributed by atoms with E-state index < -0.39 is 18.8 Å². The second kappa shape index (κ2) is 28.1. The van der Waals surface area contributed by atoms with Crippen LogP contribution >= 0.6 is 48.0 Å². The fourth-order valence-corrected chi connectivity index (χ4v) is 11.6. The van der Waals surface area contributed by atoms with Crippen molar-refractivity contribution in [2.75, 3.05) is 34.4 Å². The first-order chi connectivity index (χ1) is 41.9. The second-order valence-corrected chi connectivity index (χ2v) is 23.5. The number of anilines is 2. The number of thioether (sulfide) groups is 2. The molecule has 0 aliphatic carbocycles. The van der Waals surface area contributed by atoms with Crippen molar-refractivity contribution in [1.29, 1.82) is 0 Å². The van der Waals surface area contributed by atoms with Gasteiger partial charge in [0.05, 0.1) is 39.2 Å². The number of aromatic nitrogens is 6. The van der Waals surface area contributed by atoms with Gasteiger partial charge in [0.15, 0.2) is 27.1 Å². The zero-order chi connectivity index (χ0) is 62.9. The average Bonchev–Trinajstić information content (AvgIpc) is 3.76. The molecular weight excluding hydrogens is 1220 g/mol. The molecule has 0 radical (unpaired) electrons. The molecule has 2 N–H and O–H groups in total. The number of amidine groups is 2. The number of amides is 3. The highest BCUT2D eigenvalue weighted by molar-refractivity contribution is 8.16. The van der Waals surface area contributed by atoms with E-state index in [1.165, 1.54) is 92.8 Å². The molecule has 0 atom stereocenters. The van der Waals surface area contributed by atoms with E-state index in [4.69, 9.17) is 29.4 Å². The molecule has 0 bridgehead atoms. The summed E-state index contributed by atoms with van der Waals surface area (Å²) in [7, 11) is 0. The topological polar surface area (TPSA) is 169 Å². The molecule has 6 aromatic carbocycles. The van der Waals surface area contributed by atoms with Crippen molar-refractivity contribution in [2.24, 2.45) is 9.98 Å². The molecule has 2 saturated heterocycles. The number of ether oxygens (including phenoxy) is 2. The van der Waals surface area contributed by atoms with Gasteiger partial charge in [0.2, 0.25) is 5.91 Å². The van der Waals surface area contributed by atoms with Crippen LogP contribution in [0.4, 0.5) is 42.5 Å². The number of urea groups is 1. The molecule has 0 unspecified atom stereocenters. The molecule has 16 nitrogen and oxygen atoms in total. The Labute approximate surface area is 522 Å². The number of nitrogens with one attached hydrogen (secondary N) is 2. The SMILES string of the molecule is Cc1ccc(C(C)C)c(N2C(=O)CSC2=NC(=O)NCCc2ccc(-c3ncn(-c4ccc(OC(F)(F)F)cc4)n3)cc2)c1.Cc1ccc(C(C)C)c(N2C(=S)CSC2=NC(=S)NCCc2ccc(-c3ncn(-c4ccc(OC(F)(F)F)cc4)n3)cc2)c1. The molecule has 10 rings (SSSR count). The van der Waals surface area contributed by atoms with Crippen molar-refractivity contribution in [3.05, 3.63) is 179 Å². The van der Waals surface area contributed by atoms with Gasteiger partial charge in [0.1, 0.15) is 24.2 Å². The summed E-state index contributed by atoms with van der Waals surface area (Å²) in [6.45, 7) is 13.4. The van der Waals surface area contributed by atoms with E-state index in [0.29, 0.717) is 64.5 Å². The Hall–Kier alpha value is -8.46. The lowest BCUT2D eigenvalue weighted by atomic mass is 9.99. The molecular formula is C62H58F6N12O4S4. The summed E-state index contributed by atoms with van der Waals surface area (Å²) in [5.41, 5.74) is 10.9. The average molecular weight is 1280 g/mol. The van der Waals surface area contributed by atoms with Crippen molar-refractivity contribution in [1.82, 2.24) is 40.2 Å². The van der Waals surface area contributed by atoms with E-state index in [-0.39, 0.29) is 29.1 Å². The highest BCUT2D eigenvalue weighted by Crippen LogP contribution is 2.37. The number of carbonyl (C=O) groups is 2. The predicted molar refractivity (Wildman–Crippen MR) is 341 cm³/mol. The fraction of sp³-hybridized carbons (Fsp3) is 0.258. The van der Waals surface area contributed by atoms with E-state index in [1.54, 1.807) is 11.8 Å². The molecule has 456 valence electrons. The molecule has 0 saturated carbocycles. The first-order valence-electron chi connectivity index (χ1n) is 27.5. The summed E-state index contributed by atoms with van der Waals surface area (Å²) < 4.78 is 85.2. The number of rotatable bonds is 16. The zero-order valence-electron chi connectivity index (χ0n) is 48.3. The lowest BCUT2D eigenvalue weighted by molar-refractivity contribution is -0.275. The van der Waals surface area contributed by atoms with E-state index >= 15 is 0 Å². The van der Waals surface area contributed by atoms with Crippen molar-refractivity contribution < 1.29 is 45.4 Å². The number of hydrogen-bond acceptors (Lipinski definition) is 12. The van der Waals surface area contributed by atoms with Gasteiger partial charge >= 0.3 is 18.8 Å². The van der Waals surface area contributed by atoms with Crippen LogP contribution in [-0.2, 0) is 17.6 Å². The van der Waals surface area contributed by atoms with Crippen molar-refractivity contribution in [3.63, 3.8) is 0 Å². The first kappa shape index (κ1) is 64.0. The maximum Gasteiger partial charge on any atom is 0.573 e. The van der Waals surface area contributed by atoms with Crippen LogP contribution in [0.1, 0.15) is 72.9 Å². The monoisotopic (exact) mass is 1280 g/mol. The summed E-state index contributed by atoms with van der Waals surface area (Å²) in [5, 5.41) is 16.5. The molecule has 0 spiro atoms. The summed E-state index contributed by atoms with van der Waals surface area (Å²) >= 11 is 14.1. The number of halogens is 6. The number of thiocarbonyl (C=S) groups is 2. The number of benzene rings is 6. The molecule has 2 aromatic heterocycles. The lowest BCUT2D eigenvalue weighted by Crippen LogP contribution is -2.32. The molecule has 2 fully saturated rings. The number of aliphatic imine (C=N–C) groups is 2. The lowest BCUT2D eigenvalue weighted by Gasteiger charge is -2.24. The quantitative estimate of drug-likeness (QED) is 0.0692. The van der Waals surface area contributed by atoms with E-state index in [1.807, 2.05) is 78.6 Å². The minimum absolute atomic E-state index is 0.109.